The first-order chi connectivity index (χ1) is 12.2. The molecule has 3 radical (unpaired) electrons. The molecule has 0 aromatic heterocycles. The largest absolute Gasteiger partial charge is 0.397 e. The predicted octanol–water partition coefficient (Wildman–Crippen LogP) is 3.68. The van der Waals surface area contributed by atoms with E-state index in [1.165, 1.54) is 0 Å². The van der Waals surface area contributed by atoms with Crippen molar-refractivity contribution in [3.8, 4) is 0 Å². The van der Waals surface area contributed by atoms with E-state index in [0.29, 0.717) is 16.6 Å². The van der Waals surface area contributed by atoms with Crippen LogP contribution in [0.1, 0.15) is 47.0 Å². The molecule has 0 fully saturated rings. The third-order valence-corrected chi connectivity index (χ3v) is 10.3. The number of hydrogen-bond donors (Lipinski definition) is 0. The first-order valence-electron chi connectivity index (χ1n) is 9.06. The number of hydrogen-bond acceptors (Lipinski definition) is 6. The van der Waals surface area contributed by atoms with E-state index < -0.39 is 27.9 Å². The Hall–Kier alpha value is 0.411. The predicted molar refractivity (Wildman–Crippen MR) is 110 cm³/mol. The molecule has 3 unspecified atom stereocenters. The van der Waals surface area contributed by atoms with Crippen molar-refractivity contribution in [2.24, 2.45) is 5.41 Å². The van der Waals surface area contributed by atoms with E-state index in [1.807, 2.05) is 0 Å². The quantitative estimate of drug-likeness (QED) is 0.375. The molecule has 0 aromatic rings. The van der Waals surface area contributed by atoms with Crippen LogP contribution >= 0.6 is 0 Å². The van der Waals surface area contributed by atoms with Gasteiger partial charge < -0.3 is 26.6 Å². The fourth-order valence-corrected chi connectivity index (χ4v) is 9.07. The fraction of sp³-hybridized carbons (Fsp3) is 1.00. The average molecular weight is 424 g/mol. The lowest BCUT2D eigenvalue weighted by Gasteiger charge is -2.38. The topological polar surface area (TPSA) is 55.4 Å². The molecule has 0 saturated carbocycles. The molecule has 9 heteroatoms. The maximum Gasteiger partial charge on any atom is 0.387 e. The Balaban J connectivity index is 5.35. The Kier molecular flexibility index (Phi) is 13.8. The van der Waals surface area contributed by atoms with Crippen LogP contribution in [0.2, 0.25) is 16.6 Å². The van der Waals surface area contributed by atoms with Crippen LogP contribution in [0.15, 0.2) is 0 Å². The molecule has 0 amide bonds. The van der Waals surface area contributed by atoms with Gasteiger partial charge in [-0.15, -0.1) is 0 Å². The molecule has 0 aromatic carbocycles. The summed E-state index contributed by atoms with van der Waals surface area (Å²) < 4.78 is 33.5. The van der Waals surface area contributed by atoms with Crippen molar-refractivity contribution in [2.75, 3.05) is 42.7 Å². The first kappa shape index (κ1) is 26.4. The van der Waals surface area contributed by atoms with Gasteiger partial charge >= 0.3 is 27.9 Å². The lowest BCUT2D eigenvalue weighted by Crippen LogP contribution is -2.35. The standard InChI is InChI=1S/C17H39O6Si3/c1-14(24(18-5)19-6)11-17(4,12-15(2)25(20-7)21-8)13-16(3)26(22-9)23-10/h14-16H,11-13H2,1-10H3. The second-order valence-electron chi connectivity index (χ2n) is 7.31. The van der Waals surface area contributed by atoms with Gasteiger partial charge in [0.15, 0.2) is 0 Å². The normalized spacial score (nSPS) is 18.3. The van der Waals surface area contributed by atoms with Crippen LogP contribution in [0.3, 0.4) is 0 Å². The SMILES string of the molecule is CO[Si](OC)C(C)CC(C)(CC(C)[Si](OC)OC)CC(C)[Si](OC)OC. The van der Waals surface area contributed by atoms with Gasteiger partial charge in [0.2, 0.25) is 0 Å². The first-order valence-corrected chi connectivity index (χ1v) is 13.2. The molecule has 0 aliphatic carbocycles. The highest BCUT2D eigenvalue weighted by atomic mass is 28.3. The van der Waals surface area contributed by atoms with Crippen molar-refractivity contribution >= 4 is 27.9 Å². The summed E-state index contributed by atoms with van der Waals surface area (Å²) in [5.74, 6) is 0. The van der Waals surface area contributed by atoms with Gasteiger partial charge in [-0.05, 0) is 24.7 Å². The van der Waals surface area contributed by atoms with E-state index >= 15 is 0 Å². The minimum absolute atomic E-state index is 0.102. The molecule has 155 valence electrons. The van der Waals surface area contributed by atoms with Gasteiger partial charge in [0.05, 0.1) is 0 Å². The summed E-state index contributed by atoms with van der Waals surface area (Å²) in [5.41, 5.74) is 1.23. The Bertz CT molecular complexity index is 301. The number of rotatable bonds is 15. The summed E-state index contributed by atoms with van der Waals surface area (Å²) in [6.45, 7) is 9.04. The maximum atomic E-state index is 5.59. The Morgan fingerprint density at radius 1 is 0.538 bits per heavy atom. The molecule has 26 heavy (non-hydrogen) atoms. The summed E-state index contributed by atoms with van der Waals surface area (Å²) >= 11 is 0. The molecule has 0 saturated heterocycles. The highest BCUT2D eigenvalue weighted by Crippen LogP contribution is 2.45. The summed E-state index contributed by atoms with van der Waals surface area (Å²) in [5, 5.41) is 0. The molecule has 0 rings (SSSR count). The lowest BCUT2D eigenvalue weighted by molar-refractivity contribution is 0.183. The van der Waals surface area contributed by atoms with Crippen molar-refractivity contribution in [1.29, 1.82) is 0 Å². The second-order valence-corrected chi connectivity index (χ2v) is 14.6. The lowest BCUT2D eigenvalue weighted by atomic mass is 9.77. The minimum atomic E-state index is -1.27. The Labute approximate surface area is 166 Å². The molecule has 0 aliphatic rings. The van der Waals surface area contributed by atoms with Crippen LogP contribution in [0, 0.1) is 5.41 Å². The van der Waals surface area contributed by atoms with Crippen molar-refractivity contribution in [3.05, 3.63) is 0 Å². The van der Waals surface area contributed by atoms with E-state index in [1.54, 1.807) is 42.7 Å². The Morgan fingerprint density at radius 2 is 0.731 bits per heavy atom. The molecule has 0 aliphatic heterocycles. The molecule has 6 nitrogen and oxygen atoms in total. The average Bonchev–Trinajstić information content (AvgIpc) is 2.57. The molecular weight excluding hydrogens is 384 g/mol. The zero-order valence-electron chi connectivity index (χ0n) is 18.3. The van der Waals surface area contributed by atoms with Crippen LogP contribution < -0.4 is 0 Å². The monoisotopic (exact) mass is 423 g/mol. The zero-order valence-corrected chi connectivity index (χ0v) is 21.3. The van der Waals surface area contributed by atoms with E-state index in [-0.39, 0.29) is 5.41 Å². The summed E-state index contributed by atoms with van der Waals surface area (Å²) in [6, 6.07) is 0. The van der Waals surface area contributed by atoms with Crippen LogP contribution in [-0.4, -0.2) is 70.5 Å². The highest BCUT2D eigenvalue weighted by Gasteiger charge is 2.39. The molecule has 0 heterocycles. The summed E-state index contributed by atoms with van der Waals surface area (Å²) in [7, 11) is 6.62. The van der Waals surface area contributed by atoms with Gasteiger partial charge in [-0.25, -0.2) is 0 Å². The Morgan fingerprint density at radius 3 is 0.885 bits per heavy atom. The van der Waals surface area contributed by atoms with Crippen molar-refractivity contribution in [2.45, 2.75) is 63.6 Å². The van der Waals surface area contributed by atoms with Gasteiger partial charge in [0, 0.05) is 59.3 Å². The van der Waals surface area contributed by atoms with Crippen molar-refractivity contribution < 1.29 is 26.6 Å². The van der Waals surface area contributed by atoms with E-state index in [4.69, 9.17) is 26.6 Å². The van der Waals surface area contributed by atoms with Crippen LogP contribution in [-0.2, 0) is 26.6 Å². The third kappa shape index (κ3) is 8.61. The second kappa shape index (κ2) is 13.6. The molecule has 0 bridgehead atoms. The van der Waals surface area contributed by atoms with Gasteiger partial charge in [-0.3, -0.25) is 0 Å². The fourth-order valence-electron chi connectivity index (χ4n) is 4.17. The van der Waals surface area contributed by atoms with Gasteiger partial charge in [-0.2, -0.15) is 0 Å². The minimum Gasteiger partial charge on any atom is -0.397 e. The summed E-state index contributed by atoms with van der Waals surface area (Å²) in [4.78, 5) is 0. The van der Waals surface area contributed by atoms with Crippen LogP contribution in [0.25, 0.3) is 0 Å². The van der Waals surface area contributed by atoms with E-state index in [2.05, 4.69) is 27.7 Å². The van der Waals surface area contributed by atoms with Gasteiger partial charge in [0.1, 0.15) is 0 Å². The maximum absolute atomic E-state index is 5.59. The van der Waals surface area contributed by atoms with Crippen molar-refractivity contribution in [1.82, 2.24) is 0 Å². The van der Waals surface area contributed by atoms with Gasteiger partial charge in [-0.1, -0.05) is 27.7 Å². The smallest absolute Gasteiger partial charge is 0.387 e. The van der Waals surface area contributed by atoms with E-state index in [0.717, 1.165) is 19.3 Å². The molecule has 0 spiro atoms. The van der Waals surface area contributed by atoms with Crippen LogP contribution in [0.5, 0.6) is 0 Å². The van der Waals surface area contributed by atoms with Crippen molar-refractivity contribution in [3.63, 3.8) is 0 Å². The van der Waals surface area contributed by atoms with E-state index in [9.17, 15) is 0 Å². The molecule has 0 N–H and O–H groups in total. The zero-order chi connectivity index (χ0) is 20.3. The molecular formula is C17H39O6Si3. The van der Waals surface area contributed by atoms with Crippen LogP contribution in [0.4, 0.5) is 0 Å². The molecule has 3 atom stereocenters. The third-order valence-electron chi connectivity index (χ3n) is 4.81. The highest BCUT2D eigenvalue weighted by molar-refractivity contribution is 6.47. The van der Waals surface area contributed by atoms with Gasteiger partial charge in [0.25, 0.3) is 0 Å². The summed E-state index contributed by atoms with van der Waals surface area (Å²) in [6.07, 6.45) is 3.09.